The number of likely N-dealkylation sites (tertiary alicyclic amines) is 1. The molecule has 0 aromatic carbocycles. The van der Waals surface area contributed by atoms with Gasteiger partial charge in [-0.2, -0.15) is 5.10 Å². The molecule has 3 rings (SSSR count). The number of nitrogens with zero attached hydrogens (tertiary/aromatic N) is 3. The van der Waals surface area contributed by atoms with E-state index in [0.29, 0.717) is 25.0 Å². The van der Waals surface area contributed by atoms with E-state index < -0.39 is 0 Å². The Bertz CT molecular complexity index is 413. The summed E-state index contributed by atoms with van der Waals surface area (Å²) in [6.45, 7) is 2.48. The van der Waals surface area contributed by atoms with Gasteiger partial charge in [0.2, 0.25) is 5.91 Å². The number of aryl methyl sites for hydroxylation is 1. The van der Waals surface area contributed by atoms with E-state index in [1.54, 1.807) is 6.20 Å². The van der Waals surface area contributed by atoms with Gasteiger partial charge in [-0.1, -0.05) is 0 Å². The number of hydrogen-bond acceptors (Lipinski definition) is 3. The van der Waals surface area contributed by atoms with Crippen molar-refractivity contribution in [3.8, 4) is 0 Å². The number of amides is 1. The van der Waals surface area contributed by atoms with Gasteiger partial charge in [-0.25, -0.2) is 0 Å². The maximum atomic E-state index is 12.2. The van der Waals surface area contributed by atoms with Crippen molar-refractivity contribution < 1.29 is 4.79 Å². The molecule has 5 nitrogen and oxygen atoms in total. The first-order chi connectivity index (χ1) is 8.81. The van der Waals surface area contributed by atoms with Crippen LogP contribution in [0, 0.1) is 0 Å². The van der Waals surface area contributed by atoms with Crippen LogP contribution in [0.1, 0.15) is 25.7 Å². The largest absolute Gasteiger partial charge is 0.341 e. The Morgan fingerprint density at radius 3 is 2.80 bits per heavy atom. The molecule has 2 atom stereocenters. The molecule has 0 saturated carbocycles. The molecule has 2 bridgehead atoms. The van der Waals surface area contributed by atoms with E-state index in [-0.39, 0.29) is 30.7 Å². The molecule has 2 unspecified atom stereocenters. The molecule has 20 heavy (non-hydrogen) atoms. The summed E-state index contributed by atoms with van der Waals surface area (Å²) in [5.74, 6) is 0.264. The number of carbonyl (C=O) groups is 1. The van der Waals surface area contributed by atoms with E-state index in [4.69, 9.17) is 0 Å². The van der Waals surface area contributed by atoms with Crippen LogP contribution in [0.5, 0.6) is 0 Å². The molecule has 2 aliphatic rings. The van der Waals surface area contributed by atoms with Gasteiger partial charge >= 0.3 is 0 Å². The van der Waals surface area contributed by atoms with E-state index >= 15 is 0 Å². The number of fused-ring (bicyclic) bond motifs is 2. The molecule has 7 heteroatoms. The summed E-state index contributed by atoms with van der Waals surface area (Å²) < 4.78 is 1.82. The van der Waals surface area contributed by atoms with E-state index in [9.17, 15) is 4.79 Å². The molecule has 2 saturated heterocycles. The Kier molecular flexibility index (Phi) is 6.79. The summed E-state index contributed by atoms with van der Waals surface area (Å²) in [6.07, 6.45) is 7.80. The van der Waals surface area contributed by atoms with Crippen LogP contribution in [-0.2, 0) is 11.3 Å². The van der Waals surface area contributed by atoms with Gasteiger partial charge in [-0.15, -0.1) is 24.8 Å². The van der Waals surface area contributed by atoms with Crippen LogP contribution in [0.25, 0.3) is 0 Å². The van der Waals surface area contributed by atoms with Crippen LogP contribution in [-0.4, -0.2) is 45.8 Å². The monoisotopic (exact) mass is 320 g/mol. The lowest BCUT2D eigenvalue weighted by atomic mass is 10.1. The third-order valence-electron chi connectivity index (χ3n) is 3.99. The van der Waals surface area contributed by atoms with Crippen molar-refractivity contribution in [1.82, 2.24) is 20.0 Å². The normalized spacial score (nSPS) is 24.5. The minimum absolute atomic E-state index is 0. The van der Waals surface area contributed by atoms with Gasteiger partial charge < -0.3 is 10.2 Å². The fourth-order valence-electron chi connectivity index (χ4n) is 2.97. The molecule has 0 aliphatic carbocycles. The van der Waals surface area contributed by atoms with E-state index in [0.717, 1.165) is 19.5 Å². The molecule has 0 spiro atoms. The van der Waals surface area contributed by atoms with Gasteiger partial charge in [-0.05, 0) is 25.3 Å². The zero-order valence-corrected chi connectivity index (χ0v) is 13.0. The second-order valence-corrected chi connectivity index (χ2v) is 5.29. The van der Waals surface area contributed by atoms with Gasteiger partial charge in [0.1, 0.15) is 0 Å². The summed E-state index contributed by atoms with van der Waals surface area (Å²) in [6, 6.07) is 3.05. The predicted molar refractivity (Wildman–Crippen MR) is 82.5 cm³/mol. The van der Waals surface area contributed by atoms with Crippen LogP contribution in [0.2, 0.25) is 0 Å². The van der Waals surface area contributed by atoms with Crippen molar-refractivity contribution in [1.29, 1.82) is 0 Å². The van der Waals surface area contributed by atoms with Gasteiger partial charge in [-0.3, -0.25) is 9.48 Å². The molecular formula is C13H22Cl2N4O. The highest BCUT2D eigenvalue weighted by atomic mass is 35.5. The summed E-state index contributed by atoms with van der Waals surface area (Å²) in [5, 5.41) is 7.72. The Labute approximate surface area is 131 Å². The number of nitrogens with one attached hydrogen (secondary N) is 1. The molecule has 1 aromatic rings. The van der Waals surface area contributed by atoms with Gasteiger partial charge in [0, 0.05) is 50.5 Å². The van der Waals surface area contributed by atoms with Crippen molar-refractivity contribution in [2.24, 2.45) is 0 Å². The molecule has 2 aliphatic heterocycles. The lowest BCUT2D eigenvalue weighted by molar-refractivity contribution is -0.131. The quantitative estimate of drug-likeness (QED) is 0.917. The zero-order valence-electron chi connectivity index (χ0n) is 11.4. The average molecular weight is 321 g/mol. The van der Waals surface area contributed by atoms with E-state index in [1.807, 2.05) is 21.8 Å². The third kappa shape index (κ3) is 4.11. The summed E-state index contributed by atoms with van der Waals surface area (Å²) >= 11 is 0. The van der Waals surface area contributed by atoms with Gasteiger partial charge in [0.05, 0.1) is 0 Å². The highest BCUT2D eigenvalue weighted by Crippen LogP contribution is 2.20. The van der Waals surface area contributed by atoms with Crippen molar-refractivity contribution in [3.05, 3.63) is 18.5 Å². The molecule has 1 N–H and O–H groups in total. The minimum Gasteiger partial charge on any atom is -0.341 e. The van der Waals surface area contributed by atoms with Crippen molar-refractivity contribution >= 4 is 30.7 Å². The number of aromatic nitrogens is 2. The Hall–Kier alpha value is -0.780. The van der Waals surface area contributed by atoms with Gasteiger partial charge in [0.15, 0.2) is 0 Å². The number of rotatable bonds is 3. The molecule has 1 aromatic heterocycles. The van der Waals surface area contributed by atoms with E-state index in [2.05, 4.69) is 10.4 Å². The highest BCUT2D eigenvalue weighted by Gasteiger charge is 2.30. The first kappa shape index (κ1) is 17.3. The summed E-state index contributed by atoms with van der Waals surface area (Å²) in [4.78, 5) is 14.2. The number of carbonyl (C=O) groups excluding carboxylic acids is 1. The second-order valence-electron chi connectivity index (χ2n) is 5.29. The molecule has 1 amide bonds. The fraction of sp³-hybridized carbons (Fsp3) is 0.692. The lowest BCUT2D eigenvalue weighted by Crippen LogP contribution is -2.39. The molecule has 114 valence electrons. The lowest BCUT2D eigenvalue weighted by Gasteiger charge is -2.24. The average Bonchev–Trinajstić information content (AvgIpc) is 2.96. The maximum absolute atomic E-state index is 12.2. The summed E-state index contributed by atoms with van der Waals surface area (Å²) in [7, 11) is 0. The van der Waals surface area contributed by atoms with Crippen LogP contribution in [0.4, 0.5) is 0 Å². The predicted octanol–water partition coefficient (Wildman–Crippen LogP) is 1.47. The third-order valence-corrected chi connectivity index (χ3v) is 3.99. The van der Waals surface area contributed by atoms with E-state index in [1.165, 1.54) is 12.8 Å². The zero-order chi connectivity index (χ0) is 12.4. The SMILES string of the molecule is Cl.Cl.O=C(CCn1cccn1)N1CCC2CCC(C1)N2. The van der Waals surface area contributed by atoms with Crippen LogP contribution in [0.3, 0.4) is 0 Å². The number of halogens is 2. The molecule has 3 heterocycles. The Balaban J connectivity index is 0.000001000. The smallest absolute Gasteiger partial charge is 0.224 e. The van der Waals surface area contributed by atoms with Crippen LogP contribution < -0.4 is 5.32 Å². The Morgan fingerprint density at radius 1 is 1.25 bits per heavy atom. The maximum Gasteiger partial charge on any atom is 0.224 e. The molecule has 0 radical (unpaired) electrons. The van der Waals surface area contributed by atoms with Crippen LogP contribution >= 0.6 is 24.8 Å². The fourth-order valence-corrected chi connectivity index (χ4v) is 2.97. The Morgan fingerprint density at radius 2 is 2.05 bits per heavy atom. The minimum atomic E-state index is 0. The van der Waals surface area contributed by atoms with Crippen molar-refractivity contribution in [2.75, 3.05) is 13.1 Å². The number of hydrogen-bond donors (Lipinski definition) is 1. The van der Waals surface area contributed by atoms with Crippen LogP contribution in [0.15, 0.2) is 18.5 Å². The standard InChI is InChI=1S/C13H20N4O.2ClH/c18-13(5-9-17-7-1-6-14-17)16-8-4-11-2-3-12(10-16)15-11;;/h1,6-7,11-12,15H,2-5,8-10H2;2*1H. The molecule has 2 fully saturated rings. The van der Waals surface area contributed by atoms with Crippen molar-refractivity contribution in [3.63, 3.8) is 0 Å². The van der Waals surface area contributed by atoms with Crippen molar-refractivity contribution in [2.45, 2.75) is 44.3 Å². The van der Waals surface area contributed by atoms with Gasteiger partial charge in [0.25, 0.3) is 0 Å². The first-order valence-corrected chi connectivity index (χ1v) is 6.82. The summed E-state index contributed by atoms with van der Waals surface area (Å²) in [5.41, 5.74) is 0. The molecular weight excluding hydrogens is 299 g/mol. The topological polar surface area (TPSA) is 50.2 Å². The highest BCUT2D eigenvalue weighted by molar-refractivity contribution is 5.85. The second kappa shape index (κ2) is 7.86. The first-order valence-electron chi connectivity index (χ1n) is 6.82.